The highest BCUT2D eigenvalue weighted by Gasteiger charge is 2.30. The van der Waals surface area contributed by atoms with Crippen molar-refractivity contribution in [3.63, 3.8) is 0 Å². The molecule has 0 aliphatic heterocycles. The van der Waals surface area contributed by atoms with E-state index in [-0.39, 0.29) is 18.4 Å². The average molecular weight is 360 g/mol. The first-order valence-electron chi connectivity index (χ1n) is 8.98. The second kappa shape index (κ2) is 8.34. The lowest BCUT2D eigenvalue weighted by Gasteiger charge is -2.25. The molecule has 0 bridgehead atoms. The van der Waals surface area contributed by atoms with Crippen LogP contribution < -0.4 is 10.6 Å². The van der Waals surface area contributed by atoms with Gasteiger partial charge in [-0.3, -0.25) is 14.4 Å². The van der Waals surface area contributed by atoms with Crippen molar-refractivity contribution in [2.45, 2.75) is 64.6 Å². The second-order valence-electron chi connectivity index (χ2n) is 7.86. The molecule has 0 saturated heterocycles. The number of ether oxygens (including phenoxy) is 1. The van der Waals surface area contributed by atoms with Crippen LogP contribution in [0.1, 0.15) is 45.2 Å². The van der Waals surface area contributed by atoms with Gasteiger partial charge in [0.15, 0.2) is 0 Å². The molecule has 2 N–H and O–H groups in total. The molecule has 1 unspecified atom stereocenters. The van der Waals surface area contributed by atoms with E-state index in [0.29, 0.717) is 12.3 Å². The van der Waals surface area contributed by atoms with E-state index in [2.05, 4.69) is 22.8 Å². The van der Waals surface area contributed by atoms with E-state index in [1.54, 1.807) is 20.8 Å². The SMILES string of the molecule is CC(NC(=O)[C@H](CC(=O)OC(C)(C)C)NC=O)C1Cc2ccccc2C1. The Hall–Kier alpha value is -2.37. The summed E-state index contributed by atoms with van der Waals surface area (Å²) < 4.78 is 5.24. The monoisotopic (exact) mass is 360 g/mol. The molecule has 2 amide bonds. The molecule has 6 heteroatoms. The number of hydrogen-bond donors (Lipinski definition) is 2. The van der Waals surface area contributed by atoms with Crippen molar-refractivity contribution in [1.82, 2.24) is 10.6 Å². The van der Waals surface area contributed by atoms with Crippen molar-refractivity contribution in [3.8, 4) is 0 Å². The van der Waals surface area contributed by atoms with Crippen molar-refractivity contribution in [3.05, 3.63) is 35.4 Å². The van der Waals surface area contributed by atoms with Gasteiger partial charge in [0.1, 0.15) is 11.6 Å². The zero-order valence-corrected chi connectivity index (χ0v) is 15.9. The number of carbonyl (C=O) groups is 3. The molecule has 142 valence electrons. The van der Waals surface area contributed by atoms with E-state index in [4.69, 9.17) is 4.74 Å². The number of amides is 2. The number of esters is 1. The molecule has 1 aromatic rings. The number of rotatable bonds is 7. The Morgan fingerprint density at radius 2 is 1.81 bits per heavy atom. The minimum Gasteiger partial charge on any atom is -0.460 e. The Bertz CT molecular complexity index is 641. The van der Waals surface area contributed by atoms with Gasteiger partial charge in [-0.05, 0) is 57.6 Å². The van der Waals surface area contributed by atoms with Crippen molar-refractivity contribution >= 4 is 18.3 Å². The van der Waals surface area contributed by atoms with Gasteiger partial charge >= 0.3 is 5.97 Å². The molecule has 2 rings (SSSR count). The first-order valence-corrected chi connectivity index (χ1v) is 8.98. The predicted octanol–water partition coefficient (Wildman–Crippen LogP) is 1.75. The van der Waals surface area contributed by atoms with E-state index in [1.165, 1.54) is 11.1 Å². The highest BCUT2D eigenvalue weighted by atomic mass is 16.6. The lowest BCUT2D eigenvalue weighted by Crippen LogP contribution is -2.50. The van der Waals surface area contributed by atoms with Gasteiger partial charge in [-0.2, -0.15) is 0 Å². The number of nitrogens with one attached hydrogen (secondary N) is 2. The largest absolute Gasteiger partial charge is 0.460 e. The second-order valence-corrected chi connectivity index (χ2v) is 7.86. The number of hydrogen-bond acceptors (Lipinski definition) is 4. The standard InChI is InChI=1S/C20H28N2O4/c1-13(16-9-14-7-5-6-8-15(14)10-16)22-19(25)17(21-12-23)11-18(24)26-20(2,3)4/h5-8,12-13,16-17H,9-11H2,1-4H3,(H,21,23)(H,22,25)/t13?,17-/m0/s1. The van der Waals surface area contributed by atoms with Crippen molar-refractivity contribution in [1.29, 1.82) is 0 Å². The van der Waals surface area contributed by atoms with Gasteiger partial charge in [0.25, 0.3) is 0 Å². The van der Waals surface area contributed by atoms with Gasteiger partial charge in [-0.15, -0.1) is 0 Å². The molecule has 1 aliphatic rings. The van der Waals surface area contributed by atoms with Crippen LogP contribution in [-0.2, 0) is 32.0 Å². The van der Waals surface area contributed by atoms with Crippen LogP contribution in [0, 0.1) is 5.92 Å². The van der Waals surface area contributed by atoms with Gasteiger partial charge in [0, 0.05) is 6.04 Å². The summed E-state index contributed by atoms with van der Waals surface area (Å²) in [5.74, 6) is -0.589. The van der Waals surface area contributed by atoms with Crippen molar-refractivity contribution in [2.75, 3.05) is 0 Å². The summed E-state index contributed by atoms with van der Waals surface area (Å²) in [7, 11) is 0. The molecule has 2 atom stereocenters. The van der Waals surface area contributed by atoms with Gasteiger partial charge in [0.2, 0.25) is 12.3 Å². The Balaban J connectivity index is 1.92. The fraction of sp³-hybridized carbons (Fsp3) is 0.550. The minimum atomic E-state index is -0.937. The van der Waals surface area contributed by atoms with Gasteiger partial charge in [-0.1, -0.05) is 24.3 Å². The summed E-state index contributed by atoms with van der Waals surface area (Å²) >= 11 is 0. The molecule has 0 aromatic heterocycles. The fourth-order valence-electron chi connectivity index (χ4n) is 3.25. The first-order chi connectivity index (χ1) is 12.2. The summed E-state index contributed by atoms with van der Waals surface area (Å²) in [6.07, 6.45) is 2.06. The van der Waals surface area contributed by atoms with Crippen molar-refractivity contribution < 1.29 is 19.1 Å². The van der Waals surface area contributed by atoms with Gasteiger partial charge in [0.05, 0.1) is 6.42 Å². The van der Waals surface area contributed by atoms with Crippen LogP contribution in [0.4, 0.5) is 0 Å². The molecule has 0 fully saturated rings. The summed E-state index contributed by atoms with van der Waals surface area (Å²) in [6, 6.07) is 7.27. The highest BCUT2D eigenvalue weighted by molar-refractivity contribution is 5.88. The van der Waals surface area contributed by atoms with Crippen LogP contribution in [0.3, 0.4) is 0 Å². The van der Waals surface area contributed by atoms with Crippen LogP contribution >= 0.6 is 0 Å². The molecule has 1 aliphatic carbocycles. The molecular formula is C20H28N2O4. The Morgan fingerprint density at radius 1 is 1.23 bits per heavy atom. The molecule has 0 heterocycles. The molecule has 1 aromatic carbocycles. The van der Waals surface area contributed by atoms with Crippen LogP contribution in [0.15, 0.2) is 24.3 Å². The third-order valence-electron chi connectivity index (χ3n) is 4.54. The smallest absolute Gasteiger partial charge is 0.308 e. The Morgan fingerprint density at radius 3 is 2.31 bits per heavy atom. The first kappa shape index (κ1) is 19.9. The zero-order chi connectivity index (χ0) is 19.3. The third-order valence-corrected chi connectivity index (χ3v) is 4.54. The summed E-state index contributed by atoms with van der Waals surface area (Å²) in [5.41, 5.74) is 1.99. The molecule has 6 nitrogen and oxygen atoms in total. The Kier molecular flexibility index (Phi) is 6.40. The number of benzene rings is 1. The maximum atomic E-state index is 12.5. The quantitative estimate of drug-likeness (QED) is 0.573. The summed E-state index contributed by atoms with van der Waals surface area (Å²) in [5, 5.41) is 5.36. The van der Waals surface area contributed by atoms with E-state index >= 15 is 0 Å². The number of fused-ring (bicyclic) bond motifs is 1. The lowest BCUT2D eigenvalue weighted by atomic mass is 9.97. The van der Waals surface area contributed by atoms with E-state index in [0.717, 1.165) is 12.8 Å². The van der Waals surface area contributed by atoms with E-state index in [1.807, 2.05) is 19.1 Å². The lowest BCUT2D eigenvalue weighted by molar-refractivity contribution is -0.156. The van der Waals surface area contributed by atoms with Crippen LogP contribution in [0.2, 0.25) is 0 Å². The molecule has 26 heavy (non-hydrogen) atoms. The van der Waals surface area contributed by atoms with Gasteiger partial charge < -0.3 is 15.4 Å². The third kappa shape index (κ3) is 5.58. The molecular weight excluding hydrogens is 332 g/mol. The van der Waals surface area contributed by atoms with Crippen LogP contribution in [0.5, 0.6) is 0 Å². The topological polar surface area (TPSA) is 84.5 Å². The molecule has 0 radical (unpaired) electrons. The zero-order valence-electron chi connectivity index (χ0n) is 15.9. The Labute approximate surface area is 154 Å². The van der Waals surface area contributed by atoms with E-state index < -0.39 is 17.6 Å². The predicted molar refractivity (Wildman–Crippen MR) is 98.4 cm³/mol. The van der Waals surface area contributed by atoms with Crippen LogP contribution in [0.25, 0.3) is 0 Å². The fourth-order valence-corrected chi connectivity index (χ4v) is 3.25. The summed E-state index contributed by atoms with van der Waals surface area (Å²) in [4.78, 5) is 35.3. The van der Waals surface area contributed by atoms with Gasteiger partial charge in [-0.25, -0.2) is 0 Å². The normalized spacial score (nSPS) is 16.3. The number of carbonyl (C=O) groups excluding carboxylic acids is 3. The molecule has 0 spiro atoms. The maximum absolute atomic E-state index is 12.5. The maximum Gasteiger partial charge on any atom is 0.308 e. The highest BCUT2D eigenvalue weighted by Crippen LogP contribution is 2.28. The minimum absolute atomic E-state index is 0.0653. The molecule has 0 saturated carbocycles. The van der Waals surface area contributed by atoms with Crippen molar-refractivity contribution in [2.24, 2.45) is 5.92 Å². The summed E-state index contributed by atoms with van der Waals surface area (Å²) in [6.45, 7) is 7.23. The average Bonchev–Trinajstić information content (AvgIpc) is 2.96. The van der Waals surface area contributed by atoms with E-state index in [9.17, 15) is 14.4 Å². The van der Waals surface area contributed by atoms with Crippen LogP contribution in [-0.4, -0.2) is 36.0 Å².